The van der Waals surface area contributed by atoms with Crippen molar-refractivity contribution in [3.8, 4) is 5.75 Å². The first kappa shape index (κ1) is 25.4. The molecule has 37 heavy (non-hydrogen) atoms. The molecule has 9 heteroatoms. The maximum atomic E-state index is 12.9. The van der Waals surface area contributed by atoms with Crippen molar-refractivity contribution in [2.75, 3.05) is 0 Å². The largest absolute Gasteiger partial charge is 0.489 e. The Balaban J connectivity index is 1.38. The third-order valence-electron chi connectivity index (χ3n) is 5.59. The summed E-state index contributed by atoms with van der Waals surface area (Å²) in [5, 5.41) is 4.60. The Kier molecular flexibility index (Phi) is 8.49. The predicted octanol–water partition coefficient (Wildman–Crippen LogP) is 3.06. The van der Waals surface area contributed by atoms with Gasteiger partial charge in [0, 0.05) is 6.42 Å². The van der Waals surface area contributed by atoms with E-state index in [2.05, 4.69) is 10.6 Å². The first-order valence-corrected chi connectivity index (χ1v) is 11.7. The number of amides is 3. The zero-order chi connectivity index (χ0) is 26.0. The van der Waals surface area contributed by atoms with E-state index < -0.39 is 36.0 Å². The summed E-state index contributed by atoms with van der Waals surface area (Å²) in [6.07, 6.45) is -2.25. The molecule has 2 N–H and O–H groups in total. The molecule has 190 valence electrons. The minimum absolute atomic E-state index is 0.0153. The van der Waals surface area contributed by atoms with Crippen LogP contribution in [0.5, 0.6) is 5.75 Å². The number of alkyl carbamates (subject to hydrolysis) is 1. The number of carbonyl (C=O) groups is 4. The normalized spacial score (nSPS) is 15.4. The minimum atomic E-state index is -1.24. The molecule has 1 aliphatic heterocycles. The monoisotopic (exact) mass is 502 g/mol. The van der Waals surface area contributed by atoms with E-state index >= 15 is 0 Å². The van der Waals surface area contributed by atoms with Gasteiger partial charge in [0.25, 0.3) is 5.91 Å². The Bertz CT molecular complexity index is 1230. The van der Waals surface area contributed by atoms with Crippen molar-refractivity contribution < 1.29 is 33.4 Å². The molecule has 0 radical (unpaired) electrons. The highest BCUT2D eigenvalue weighted by atomic mass is 16.6. The highest BCUT2D eigenvalue weighted by Crippen LogP contribution is 2.17. The lowest BCUT2D eigenvalue weighted by molar-refractivity contribution is -0.156. The number of hydrogen-bond acceptors (Lipinski definition) is 7. The molecule has 0 unspecified atom stereocenters. The summed E-state index contributed by atoms with van der Waals surface area (Å²) in [7, 11) is 0. The standard InChI is InChI=1S/C28H26N2O7/c31-25-16-24(26(32)30-25)37-27(33)23(29-28(34)36-18-21-9-5-2-6-10-21)15-19-11-13-22(14-12-19)35-17-20-7-3-1-4-8-20/h1-14,23-24H,15-18H2,(H,29,34)(H,30,31,32)/t23-,24+/m0/s1. The van der Waals surface area contributed by atoms with Gasteiger partial charge in [-0.05, 0) is 28.8 Å². The van der Waals surface area contributed by atoms with Crippen molar-refractivity contribution >= 4 is 23.9 Å². The molecule has 2 atom stereocenters. The van der Waals surface area contributed by atoms with Gasteiger partial charge in [-0.1, -0.05) is 72.8 Å². The molecule has 1 heterocycles. The van der Waals surface area contributed by atoms with E-state index in [1.807, 2.05) is 48.5 Å². The maximum absolute atomic E-state index is 12.9. The van der Waals surface area contributed by atoms with Gasteiger partial charge in [0.05, 0.1) is 6.42 Å². The fourth-order valence-electron chi connectivity index (χ4n) is 3.65. The minimum Gasteiger partial charge on any atom is -0.489 e. The van der Waals surface area contributed by atoms with Crippen molar-refractivity contribution in [2.45, 2.75) is 38.2 Å². The second-order valence-electron chi connectivity index (χ2n) is 8.42. The highest BCUT2D eigenvalue weighted by molar-refractivity contribution is 6.05. The van der Waals surface area contributed by atoms with E-state index in [4.69, 9.17) is 14.2 Å². The number of benzene rings is 3. The van der Waals surface area contributed by atoms with E-state index in [-0.39, 0.29) is 19.4 Å². The fraction of sp³-hybridized carbons (Fsp3) is 0.214. The van der Waals surface area contributed by atoms with Gasteiger partial charge in [0.1, 0.15) is 25.0 Å². The summed E-state index contributed by atoms with van der Waals surface area (Å²) < 4.78 is 16.3. The van der Waals surface area contributed by atoms with E-state index in [9.17, 15) is 19.2 Å². The van der Waals surface area contributed by atoms with Crippen molar-refractivity contribution in [3.63, 3.8) is 0 Å². The van der Waals surface area contributed by atoms with Gasteiger partial charge in [0.15, 0.2) is 6.10 Å². The smallest absolute Gasteiger partial charge is 0.408 e. The van der Waals surface area contributed by atoms with Crippen molar-refractivity contribution in [1.29, 1.82) is 0 Å². The summed E-state index contributed by atoms with van der Waals surface area (Å²) >= 11 is 0. The molecule has 1 saturated heterocycles. The number of imide groups is 1. The number of rotatable bonds is 10. The number of ether oxygens (including phenoxy) is 3. The zero-order valence-corrected chi connectivity index (χ0v) is 19.9. The van der Waals surface area contributed by atoms with Crippen LogP contribution in [0.4, 0.5) is 4.79 Å². The molecule has 3 aromatic carbocycles. The van der Waals surface area contributed by atoms with E-state index in [0.717, 1.165) is 11.1 Å². The average molecular weight is 503 g/mol. The summed E-state index contributed by atoms with van der Waals surface area (Å²) in [4.78, 5) is 48.6. The van der Waals surface area contributed by atoms with Gasteiger partial charge in [-0.2, -0.15) is 0 Å². The van der Waals surface area contributed by atoms with Crippen molar-refractivity contribution in [2.24, 2.45) is 0 Å². The Hall–Kier alpha value is -4.66. The van der Waals surface area contributed by atoms with Gasteiger partial charge >= 0.3 is 12.1 Å². The van der Waals surface area contributed by atoms with Gasteiger partial charge in [-0.25, -0.2) is 9.59 Å². The number of carbonyl (C=O) groups excluding carboxylic acids is 4. The first-order valence-electron chi connectivity index (χ1n) is 11.7. The lowest BCUT2D eigenvalue weighted by atomic mass is 10.1. The number of nitrogens with one attached hydrogen (secondary N) is 2. The molecule has 0 saturated carbocycles. The van der Waals surface area contributed by atoms with Gasteiger partial charge in [0.2, 0.25) is 5.91 Å². The van der Waals surface area contributed by atoms with Crippen LogP contribution in [0.1, 0.15) is 23.1 Å². The van der Waals surface area contributed by atoms with Crippen LogP contribution in [-0.2, 0) is 43.5 Å². The Morgan fingerprint density at radius 2 is 1.46 bits per heavy atom. The molecule has 0 bridgehead atoms. The van der Waals surface area contributed by atoms with E-state index in [1.54, 1.807) is 36.4 Å². The van der Waals surface area contributed by atoms with Gasteiger partial charge in [-0.15, -0.1) is 0 Å². The Morgan fingerprint density at radius 3 is 2.05 bits per heavy atom. The quantitative estimate of drug-likeness (QED) is 0.323. The summed E-state index contributed by atoms with van der Waals surface area (Å²) in [6, 6.07) is 24.7. The van der Waals surface area contributed by atoms with Crippen LogP contribution in [0.25, 0.3) is 0 Å². The van der Waals surface area contributed by atoms with Crippen LogP contribution in [0.3, 0.4) is 0 Å². The topological polar surface area (TPSA) is 120 Å². The summed E-state index contributed by atoms with van der Waals surface area (Å²) in [5.41, 5.74) is 2.52. The van der Waals surface area contributed by atoms with Gasteiger partial charge < -0.3 is 19.5 Å². The fourth-order valence-corrected chi connectivity index (χ4v) is 3.65. The first-order chi connectivity index (χ1) is 18.0. The summed E-state index contributed by atoms with van der Waals surface area (Å²) in [6.45, 7) is 0.424. The molecular formula is C28H26N2O7. The third kappa shape index (κ3) is 7.66. The predicted molar refractivity (Wildman–Crippen MR) is 132 cm³/mol. The molecule has 0 aliphatic carbocycles. The van der Waals surface area contributed by atoms with E-state index in [0.29, 0.717) is 17.9 Å². The van der Waals surface area contributed by atoms with Crippen LogP contribution in [-0.4, -0.2) is 36.0 Å². The van der Waals surface area contributed by atoms with E-state index in [1.165, 1.54) is 0 Å². The molecule has 0 aromatic heterocycles. The Morgan fingerprint density at radius 1 is 0.838 bits per heavy atom. The molecule has 1 fully saturated rings. The molecule has 3 aromatic rings. The number of hydrogen-bond donors (Lipinski definition) is 2. The van der Waals surface area contributed by atoms with Gasteiger partial charge in [-0.3, -0.25) is 14.9 Å². The van der Waals surface area contributed by atoms with Crippen LogP contribution < -0.4 is 15.4 Å². The van der Waals surface area contributed by atoms with Crippen molar-refractivity contribution in [1.82, 2.24) is 10.6 Å². The molecule has 4 rings (SSSR count). The van der Waals surface area contributed by atoms with Crippen LogP contribution >= 0.6 is 0 Å². The Labute approximate surface area is 213 Å². The molecule has 9 nitrogen and oxygen atoms in total. The average Bonchev–Trinajstić information content (AvgIpc) is 3.23. The second-order valence-corrected chi connectivity index (χ2v) is 8.42. The van der Waals surface area contributed by atoms with Crippen LogP contribution in [0.15, 0.2) is 84.9 Å². The molecular weight excluding hydrogens is 476 g/mol. The third-order valence-corrected chi connectivity index (χ3v) is 5.59. The molecule has 3 amide bonds. The molecule has 1 aliphatic rings. The maximum Gasteiger partial charge on any atom is 0.408 e. The molecule has 0 spiro atoms. The van der Waals surface area contributed by atoms with Crippen LogP contribution in [0.2, 0.25) is 0 Å². The SMILES string of the molecule is O=C1C[C@@H](OC(=O)[C@H](Cc2ccc(OCc3ccccc3)cc2)NC(=O)OCc2ccccc2)C(=O)N1. The van der Waals surface area contributed by atoms with Crippen molar-refractivity contribution in [3.05, 3.63) is 102 Å². The number of esters is 1. The summed E-state index contributed by atoms with van der Waals surface area (Å²) in [5.74, 6) is -1.43. The second kappa shape index (κ2) is 12.3. The lowest BCUT2D eigenvalue weighted by Gasteiger charge is -2.19. The highest BCUT2D eigenvalue weighted by Gasteiger charge is 2.36. The zero-order valence-electron chi connectivity index (χ0n) is 19.9. The lowest BCUT2D eigenvalue weighted by Crippen LogP contribution is -2.45. The van der Waals surface area contributed by atoms with Crippen LogP contribution in [0, 0.1) is 0 Å².